The summed E-state index contributed by atoms with van der Waals surface area (Å²) in [5, 5.41) is 3.09. The molecule has 0 unspecified atom stereocenters. The third kappa shape index (κ3) is 5.02. The molecule has 0 bridgehead atoms. The van der Waals surface area contributed by atoms with Crippen molar-refractivity contribution in [1.29, 1.82) is 0 Å². The maximum atomic E-state index is 13.4. The number of benzene rings is 1. The van der Waals surface area contributed by atoms with Crippen LogP contribution in [0.2, 0.25) is 0 Å². The van der Waals surface area contributed by atoms with Gasteiger partial charge in [0.15, 0.2) is 0 Å². The van der Waals surface area contributed by atoms with E-state index in [2.05, 4.69) is 5.32 Å². The van der Waals surface area contributed by atoms with Crippen LogP contribution in [0.15, 0.2) is 18.2 Å². The Morgan fingerprint density at radius 1 is 1.10 bits per heavy atom. The van der Waals surface area contributed by atoms with Gasteiger partial charge in [0.2, 0.25) is 0 Å². The Kier molecular flexibility index (Phi) is 8.03. The average molecular weight is 345 g/mol. The van der Waals surface area contributed by atoms with Gasteiger partial charge >= 0.3 is 6.18 Å². The molecule has 0 aromatic heterocycles. The van der Waals surface area contributed by atoms with Crippen LogP contribution < -0.4 is 5.32 Å². The lowest BCUT2D eigenvalue weighted by Gasteiger charge is -2.37. The molecule has 122 valence electrons. The highest BCUT2D eigenvalue weighted by Crippen LogP contribution is 2.39. The number of hydrogen-bond donors (Lipinski definition) is 1. The number of aryl methyl sites for hydroxylation is 2. The summed E-state index contributed by atoms with van der Waals surface area (Å²) in [5.41, 5.74) is 1.95. The molecule has 21 heavy (non-hydrogen) atoms. The van der Waals surface area contributed by atoms with Gasteiger partial charge in [0.25, 0.3) is 0 Å². The monoisotopic (exact) mass is 344 g/mol. The second-order valence-corrected chi connectivity index (χ2v) is 5.09. The molecular formula is C14H21Cl2F3N2. The quantitative estimate of drug-likeness (QED) is 0.880. The second-order valence-electron chi connectivity index (χ2n) is 5.09. The standard InChI is InChI=1S/C14H19F3N2.2ClH/c1-10-3-4-11(2)12(9-10)13(14(15,16)17)19-7-5-18-6-8-19;;/h3-4,9,13,18H,5-8H2,1-2H3;2*1H/t13-;;/m0../s1. The summed E-state index contributed by atoms with van der Waals surface area (Å²) in [4.78, 5) is 1.53. The van der Waals surface area contributed by atoms with E-state index in [1.165, 1.54) is 4.90 Å². The predicted octanol–water partition coefficient (Wildman–Crippen LogP) is 3.66. The molecule has 2 rings (SSSR count). The number of rotatable bonds is 2. The molecule has 1 saturated heterocycles. The number of nitrogens with one attached hydrogen (secondary N) is 1. The molecule has 1 aromatic rings. The molecular weight excluding hydrogens is 324 g/mol. The minimum atomic E-state index is -4.24. The summed E-state index contributed by atoms with van der Waals surface area (Å²) in [5.74, 6) is 0. The van der Waals surface area contributed by atoms with E-state index in [0.29, 0.717) is 37.3 Å². The first kappa shape index (κ1) is 20.5. The van der Waals surface area contributed by atoms with E-state index in [4.69, 9.17) is 0 Å². The maximum absolute atomic E-state index is 13.4. The SMILES string of the molecule is Cc1ccc(C)c([C@H](N2CCNCC2)C(F)(F)F)c1.Cl.Cl. The summed E-state index contributed by atoms with van der Waals surface area (Å²) in [6, 6.07) is 3.79. The van der Waals surface area contributed by atoms with Crippen LogP contribution in [0.1, 0.15) is 22.7 Å². The molecule has 1 atom stereocenters. The van der Waals surface area contributed by atoms with Crippen LogP contribution in [-0.4, -0.2) is 37.3 Å². The summed E-state index contributed by atoms with van der Waals surface area (Å²) in [6.45, 7) is 5.65. The van der Waals surface area contributed by atoms with Gasteiger partial charge < -0.3 is 5.32 Å². The van der Waals surface area contributed by atoms with Gasteiger partial charge in [0, 0.05) is 26.2 Å². The number of nitrogens with zero attached hydrogens (tertiary/aromatic N) is 1. The van der Waals surface area contributed by atoms with Crippen molar-refractivity contribution in [2.45, 2.75) is 26.1 Å². The number of piperazine rings is 1. The van der Waals surface area contributed by atoms with Crippen molar-refractivity contribution in [2.24, 2.45) is 0 Å². The zero-order valence-electron chi connectivity index (χ0n) is 12.0. The van der Waals surface area contributed by atoms with Gasteiger partial charge in [-0.25, -0.2) is 0 Å². The van der Waals surface area contributed by atoms with Gasteiger partial charge in [0.1, 0.15) is 6.04 Å². The van der Waals surface area contributed by atoms with Crippen LogP contribution in [0.25, 0.3) is 0 Å². The lowest BCUT2D eigenvalue weighted by atomic mass is 9.97. The van der Waals surface area contributed by atoms with Crippen molar-refractivity contribution >= 4 is 24.8 Å². The Hall–Kier alpha value is -0.490. The fraction of sp³-hybridized carbons (Fsp3) is 0.571. The van der Waals surface area contributed by atoms with Gasteiger partial charge in [-0.3, -0.25) is 4.90 Å². The smallest absolute Gasteiger partial charge is 0.314 e. The highest BCUT2D eigenvalue weighted by atomic mass is 35.5. The highest BCUT2D eigenvalue weighted by molar-refractivity contribution is 5.85. The summed E-state index contributed by atoms with van der Waals surface area (Å²) >= 11 is 0. The third-order valence-electron chi connectivity index (χ3n) is 3.56. The molecule has 0 aliphatic carbocycles. The van der Waals surface area contributed by atoms with Crippen molar-refractivity contribution in [3.63, 3.8) is 0 Å². The van der Waals surface area contributed by atoms with Gasteiger partial charge in [-0.1, -0.05) is 23.8 Å². The molecule has 1 aliphatic rings. The van der Waals surface area contributed by atoms with Crippen molar-refractivity contribution in [3.05, 3.63) is 34.9 Å². The van der Waals surface area contributed by atoms with E-state index in [1.54, 1.807) is 19.1 Å². The summed E-state index contributed by atoms with van der Waals surface area (Å²) < 4.78 is 40.3. The molecule has 0 spiro atoms. The Labute approximate surface area is 135 Å². The Morgan fingerprint density at radius 3 is 2.19 bits per heavy atom. The molecule has 0 radical (unpaired) electrons. The maximum Gasteiger partial charge on any atom is 0.408 e. The molecule has 2 nitrogen and oxygen atoms in total. The topological polar surface area (TPSA) is 15.3 Å². The van der Waals surface area contributed by atoms with E-state index in [1.807, 2.05) is 13.0 Å². The van der Waals surface area contributed by atoms with E-state index in [9.17, 15) is 13.2 Å². The molecule has 1 aromatic carbocycles. The lowest BCUT2D eigenvalue weighted by Crippen LogP contribution is -2.49. The van der Waals surface area contributed by atoms with Crippen molar-refractivity contribution in [1.82, 2.24) is 10.2 Å². The van der Waals surface area contributed by atoms with Crippen LogP contribution in [-0.2, 0) is 0 Å². The van der Waals surface area contributed by atoms with E-state index >= 15 is 0 Å². The van der Waals surface area contributed by atoms with Crippen LogP contribution >= 0.6 is 24.8 Å². The average Bonchev–Trinajstić information content (AvgIpc) is 2.33. The van der Waals surface area contributed by atoms with Gasteiger partial charge in [-0.15, -0.1) is 24.8 Å². The predicted molar refractivity (Wildman–Crippen MR) is 83.7 cm³/mol. The Morgan fingerprint density at radius 2 is 1.67 bits per heavy atom. The first-order valence-electron chi connectivity index (χ1n) is 6.48. The van der Waals surface area contributed by atoms with E-state index < -0.39 is 12.2 Å². The van der Waals surface area contributed by atoms with Crippen molar-refractivity contribution in [3.8, 4) is 0 Å². The minimum absolute atomic E-state index is 0. The summed E-state index contributed by atoms with van der Waals surface area (Å²) in [6.07, 6.45) is -4.24. The molecule has 1 aliphatic heterocycles. The van der Waals surface area contributed by atoms with Crippen LogP contribution in [0.4, 0.5) is 13.2 Å². The van der Waals surface area contributed by atoms with Crippen LogP contribution in [0.3, 0.4) is 0 Å². The van der Waals surface area contributed by atoms with Crippen LogP contribution in [0, 0.1) is 13.8 Å². The Bertz CT molecular complexity index is 446. The number of hydrogen-bond acceptors (Lipinski definition) is 2. The zero-order valence-corrected chi connectivity index (χ0v) is 13.7. The lowest BCUT2D eigenvalue weighted by molar-refractivity contribution is -0.188. The fourth-order valence-electron chi connectivity index (χ4n) is 2.57. The van der Waals surface area contributed by atoms with Crippen molar-refractivity contribution < 1.29 is 13.2 Å². The van der Waals surface area contributed by atoms with Gasteiger partial charge in [-0.2, -0.15) is 13.2 Å². The van der Waals surface area contributed by atoms with Crippen LogP contribution in [0.5, 0.6) is 0 Å². The first-order valence-corrected chi connectivity index (χ1v) is 6.48. The molecule has 1 heterocycles. The molecule has 0 amide bonds. The molecule has 0 saturated carbocycles. The normalized spacial score (nSPS) is 17.6. The largest absolute Gasteiger partial charge is 0.408 e. The van der Waals surface area contributed by atoms with Gasteiger partial charge in [0.05, 0.1) is 0 Å². The fourth-order valence-corrected chi connectivity index (χ4v) is 2.57. The second kappa shape index (κ2) is 8.22. The number of halogens is 5. The molecule has 1 N–H and O–H groups in total. The number of alkyl halides is 3. The minimum Gasteiger partial charge on any atom is -0.314 e. The Balaban J connectivity index is 0.00000200. The van der Waals surface area contributed by atoms with E-state index in [0.717, 1.165) is 5.56 Å². The first-order chi connectivity index (χ1) is 8.89. The molecule has 1 fully saturated rings. The zero-order chi connectivity index (χ0) is 14.0. The van der Waals surface area contributed by atoms with Crippen molar-refractivity contribution in [2.75, 3.05) is 26.2 Å². The van der Waals surface area contributed by atoms with E-state index in [-0.39, 0.29) is 24.8 Å². The third-order valence-corrected chi connectivity index (χ3v) is 3.56. The molecule has 7 heteroatoms. The highest BCUT2D eigenvalue weighted by Gasteiger charge is 2.45. The van der Waals surface area contributed by atoms with Gasteiger partial charge in [-0.05, 0) is 25.0 Å². The summed E-state index contributed by atoms with van der Waals surface area (Å²) in [7, 11) is 0.